The summed E-state index contributed by atoms with van der Waals surface area (Å²) in [6, 6.07) is -0.564. The number of hydrogen-bond acceptors (Lipinski definition) is 3. The van der Waals surface area contributed by atoms with E-state index >= 15 is 0 Å². The second-order valence-corrected chi connectivity index (χ2v) is 4.51. The molecule has 1 N–H and O–H groups in total. The van der Waals surface area contributed by atoms with Crippen LogP contribution in [0.5, 0.6) is 0 Å². The van der Waals surface area contributed by atoms with Gasteiger partial charge in [0.2, 0.25) is 0 Å². The Balaban J connectivity index is 1.83. The molecule has 1 heterocycles. The largest absolute Gasteiger partial charge is 0.331 e. The Morgan fingerprint density at radius 1 is 1.12 bits per heavy atom. The Morgan fingerprint density at radius 2 is 1.81 bits per heavy atom. The van der Waals surface area contributed by atoms with Crippen LogP contribution in [0, 0.1) is 5.92 Å². The summed E-state index contributed by atoms with van der Waals surface area (Å²) in [7, 11) is 0. The molecular weight excluding hydrogens is 208 g/mol. The molecule has 2 rings (SSSR count). The van der Waals surface area contributed by atoms with Gasteiger partial charge in [-0.3, -0.25) is 19.8 Å². The van der Waals surface area contributed by atoms with E-state index in [1.165, 1.54) is 32.1 Å². The number of rotatable bonds is 3. The van der Waals surface area contributed by atoms with Crippen molar-refractivity contribution in [3.8, 4) is 0 Å². The lowest BCUT2D eigenvalue weighted by Crippen LogP contribution is -2.33. The predicted molar refractivity (Wildman–Crippen MR) is 56.4 cm³/mol. The number of nitrogens with zero attached hydrogens (tertiary/aromatic N) is 1. The number of carbonyl (C=O) groups is 3. The SMILES string of the molecule is O=C1NC(=O)N(CCC2CCCCC2)C1=O. The molecule has 5 nitrogen and oxygen atoms in total. The monoisotopic (exact) mass is 224 g/mol. The molecule has 0 radical (unpaired) electrons. The molecule has 0 spiro atoms. The number of nitrogens with one attached hydrogen (secondary N) is 1. The average molecular weight is 224 g/mol. The first-order valence-corrected chi connectivity index (χ1v) is 5.85. The van der Waals surface area contributed by atoms with E-state index < -0.39 is 17.8 Å². The molecule has 5 heteroatoms. The molecule has 0 aromatic heterocycles. The maximum atomic E-state index is 11.3. The van der Waals surface area contributed by atoms with E-state index in [0.717, 1.165) is 11.3 Å². The minimum atomic E-state index is -0.798. The van der Waals surface area contributed by atoms with Gasteiger partial charge in [0.15, 0.2) is 0 Å². The summed E-state index contributed by atoms with van der Waals surface area (Å²) in [5, 5.41) is 2.00. The third kappa shape index (κ3) is 2.23. The standard InChI is InChI=1S/C11H16N2O3/c14-9-10(15)13(11(16)12-9)7-6-8-4-2-1-3-5-8/h8H,1-7H2,(H,12,14,16). The first kappa shape index (κ1) is 11.1. The Labute approximate surface area is 94.2 Å². The zero-order valence-corrected chi connectivity index (χ0v) is 9.20. The summed E-state index contributed by atoms with van der Waals surface area (Å²) in [4.78, 5) is 34.5. The summed E-state index contributed by atoms with van der Waals surface area (Å²) in [5.74, 6) is -0.903. The molecule has 1 saturated carbocycles. The van der Waals surface area contributed by atoms with Crippen molar-refractivity contribution < 1.29 is 14.4 Å². The van der Waals surface area contributed by atoms with Gasteiger partial charge in [-0.2, -0.15) is 0 Å². The molecule has 2 aliphatic rings. The fraction of sp³-hybridized carbons (Fsp3) is 0.727. The van der Waals surface area contributed by atoms with Crippen LogP contribution in [-0.2, 0) is 9.59 Å². The first-order valence-electron chi connectivity index (χ1n) is 5.85. The minimum absolute atomic E-state index is 0.376. The van der Waals surface area contributed by atoms with Crippen LogP contribution >= 0.6 is 0 Å². The van der Waals surface area contributed by atoms with E-state index in [0.29, 0.717) is 12.5 Å². The van der Waals surface area contributed by atoms with Crippen molar-refractivity contribution in [3.63, 3.8) is 0 Å². The maximum Gasteiger partial charge on any atom is 0.331 e. The molecule has 1 saturated heterocycles. The van der Waals surface area contributed by atoms with Crippen LogP contribution < -0.4 is 5.32 Å². The van der Waals surface area contributed by atoms with E-state index in [9.17, 15) is 14.4 Å². The molecule has 1 aliphatic carbocycles. The number of carbonyl (C=O) groups excluding carboxylic acids is 3. The average Bonchev–Trinajstić information content (AvgIpc) is 2.53. The number of hydrogen-bond donors (Lipinski definition) is 1. The van der Waals surface area contributed by atoms with Crippen LogP contribution in [0.3, 0.4) is 0 Å². The quantitative estimate of drug-likeness (QED) is 0.575. The van der Waals surface area contributed by atoms with Gasteiger partial charge in [-0.1, -0.05) is 32.1 Å². The number of imide groups is 2. The lowest BCUT2D eigenvalue weighted by molar-refractivity contribution is -0.140. The maximum absolute atomic E-state index is 11.3. The van der Waals surface area contributed by atoms with Crippen LogP contribution in [0.25, 0.3) is 0 Å². The molecule has 0 atom stereocenters. The van der Waals surface area contributed by atoms with Crippen molar-refractivity contribution in [3.05, 3.63) is 0 Å². The Bertz CT molecular complexity index is 321. The van der Waals surface area contributed by atoms with Crippen molar-refractivity contribution in [1.82, 2.24) is 10.2 Å². The van der Waals surface area contributed by atoms with Crippen molar-refractivity contribution >= 4 is 17.8 Å². The fourth-order valence-corrected chi connectivity index (χ4v) is 2.42. The highest BCUT2D eigenvalue weighted by Gasteiger charge is 2.36. The first-order chi connectivity index (χ1) is 7.68. The molecular formula is C11H16N2O3. The van der Waals surface area contributed by atoms with Gasteiger partial charge in [0.25, 0.3) is 0 Å². The summed E-state index contributed by atoms with van der Waals surface area (Å²) in [6.07, 6.45) is 6.95. The Kier molecular flexibility index (Phi) is 3.22. The van der Waals surface area contributed by atoms with Crippen LogP contribution in [0.2, 0.25) is 0 Å². The van der Waals surface area contributed by atoms with Gasteiger partial charge in [-0.25, -0.2) is 4.79 Å². The van der Waals surface area contributed by atoms with Gasteiger partial charge < -0.3 is 0 Å². The number of amides is 4. The van der Waals surface area contributed by atoms with Gasteiger partial charge in [0.05, 0.1) is 0 Å². The summed E-state index contributed by atoms with van der Waals surface area (Å²) < 4.78 is 0. The molecule has 0 aromatic carbocycles. The fourth-order valence-electron chi connectivity index (χ4n) is 2.42. The molecule has 4 amide bonds. The highest BCUT2D eigenvalue weighted by molar-refractivity contribution is 6.44. The Morgan fingerprint density at radius 3 is 2.38 bits per heavy atom. The molecule has 0 bridgehead atoms. The highest BCUT2D eigenvalue weighted by atomic mass is 16.2. The summed E-state index contributed by atoms with van der Waals surface area (Å²) >= 11 is 0. The van der Waals surface area contributed by atoms with E-state index in [-0.39, 0.29) is 0 Å². The highest BCUT2D eigenvalue weighted by Crippen LogP contribution is 2.26. The van der Waals surface area contributed by atoms with E-state index in [2.05, 4.69) is 0 Å². The Hall–Kier alpha value is -1.39. The van der Waals surface area contributed by atoms with Crippen LogP contribution in [0.15, 0.2) is 0 Å². The van der Waals surface area contributed by atoms with E-state index in [1.54, 1.807) is 0 Å². The van der Waals surface area contributed by atoms with E-state index in [1.807, 2.05) is 5.32 Å². The molecule has 88 valence electrons. The predicted octanol–water partition coefficient (Wildman–Crippen LogP) is 1.04. The van der Waals surface area contributed by atoms with Crippen molar-refractivity contribution in [2.45, 2.75) is 38.5 Å². The molecule has 2 fully saturated rings. The van der Waals surface area contributed by atoms with Gasteiger partial charge in [0, 0.05) is 6.54 Å². The van der Waals surface area contributed by atoms with Gasteiger partial charge >= 0.3 is 17.8 Å². The topological polar surface area (TPSA) is 66.5 Å². The molecule has 1 aliphatic heterocycles. The van der Waals surface area contributed by atoms with Crippen molar-refractivity contribution in [1.29, 1.82) is 0 Å². The lowest BCUT2D eigenvalue weighted by atomic mass is 9.87. The van der Waals surface area contributed by atoms with Crippen molar-refractivity contribution in [2.24, 2.45) is 5.92 Å². The third-order valence-corrected chi connectivity index (χ3v) is 3.39. The van der Waals surface area contributed by atoms with Crippen LogP contribution in [0.1, 0.15) is 38.5 Å². The van der Waals surface area contributed by atoms with Gasteiger partial charge in [-0.15, -0.1) is 0 Å². The lowest BCUT2D eigenvalue weighted by Gasteiger charge is -2.22. The molecule has 0 aromatic rings. The zero-order chi connectivity index (χ0) is 11.5. The van der Waals surface area contributed by atoms with E-state index in [4.69, 9.17) is 0 Å². The van der Waals surface area contributed by atoms with Gasteiger partial charge in [-0.05, 0) is 12.3 Å². The second kappa shape index (κ2) is 4.63. The third-order valence-electron chi connectivity index (χ3n) is 3.39. The second-order valence-electron chi connectivity index (χ2n) is 4.51. The molecule has 16 heavy (non-hydrogen) atoms. The molecule has 0 unspecified atom stereocenters. The zero-order valence-electron chi connectivity index (χ0n) is 9.20. The summed E-state index contributed by atoms with van der Waals surface area (Å²) in [6.45, 7) is 0.376. The minimum Gasteiger partial charge on any atom is -0.269 e. The normalized spacial score (nSPS) is 22.8. The van der Waals surface area contributed by atoms with Gasteiger partial charge in [0.1, 0.15) is 0 Å². The van der Waals surface area contributed by atoms with Crippen LogP contribution in [-0.4, -0.2) is 29.3 Å². The summed E-state index contributed by atoms with van der Waals surface area (Å²) in [5.41, 5.74) is 0. The smallest absolute Gasteiger partial charge is 0.269 e. The number of urea groups is 1. The van der Waals surface area contributed by atoms with Crippen molar-refractivity contribution in [2.75, 3.05) is 6.54 Å². The van der Waals surface area contributed by atoms with Crippen LogP contribution in [0.4, 0.5) is 4.79 Å².